The molecule has 1 aliphatic rings. The third-order valence-corrected chi connectivity index (χ3v) is 3.77. The van der Waals surface area contributed by atoms with E-state index in [2.05, 4.69) is 0 Å². The molecule has 0 saturated carbocycles. The van der Waals surface area contributed by atoms with Crippen LogP contribution in [0.2, 0.25) is 0 Å². The highest BCUT2D eigenvalue weighted by Crippen LogP contribution is 2.32. The largest absolute Gasteiger partial charge is 0.464 e. The molecule has 1 atom stereocenters. The summed E-state index contributed by atoms with van der Waals surface area (Å²) in [7, 11) is 0. The summed E-state index contributed by atoms with van der Waals surface area (Å²) < 4.78 is 10.8. The lowest BCUT2D eigenvalue weighted by Crippen LogP contribution is -2.17. The summed E-state index contributed by atoms with van der Waals surface area (Å²) in [5.74, 6) is 0.558. The summed E-state index contributed by atoms with van der Waals surface area (Å²) in [6.07, 6.45) is 4.15. The van der Waals surface area contributed by atoms with Crippen LogP contribution in [0.15, 0.2) is 34.9 Å². The van der Waals surface area contributed by atoms with E-state index in [0.29, 0.717) is 5.92 Å². The highest BCUT2D eigenvalue weighted by molar-refractivity contribution is 5.81. The quantitative estimate of drug-likeness (QED) is 0.903. The molecule has 1 saturated heterocycles. The number of para-hydroxylation sites is 1. The van der Waals surface area contributed by atoms with E-state index in [-0.39, 0.29) is 0 Å². The molecule has 1 aromatic heterocycles. The van der Waals surface area contributed by atoms with Crippen LogP contribution in [-0.2, 0) is 4.74 Å². The molecule has 3 heteroatoms. The SMILES string of the molecule is OC(CC1CCOCC1)c1coc2ccccc12. The molecule has 3 nitrogen and oxygen atoms in total. The topological polar surface area (TPSA) is 42.6 Å². The number of benzene rings is 1. The highest BCUT2D eigenvalue weighted by Gasteiger charge is 2.21. The fourth-order valence-electron chi connectivity index (χ4n) is 2.68. The Balaban J connectivity index is 1.76. The monoisotopic (exact) mass is 246 g/mol. The number of aliphatic hydroxyl groups is 1. The number of rotatable bonds is 3. The zero-order chi connectivity index (χ0) is 12.4. The van der Waals surface area contributed by atoms with Crippen LogP contribution >= 0.6 is 0 Å². The van der Waals surface area contributed by atoms with Gasteiger partial charge in [-0.3, -0.25) is 0 Å². The Bertz CT molecular complexity index is 511. The van der Waals surface area contributed by atoms with Crippen LogP contribution in [-0.4, -0.2) is 18.3 Å². The van der Waals surface area contributed by atoms with Crippen molar-refractivity contribution in [1.82, 2.24) is 0 Å². The molecule has 0 amide bonds. The van der Waals surface area contributed by atoms with Gasteiger partial charge in [0, 0.05) is 24.2 Å². The smallest absolute Gasteiger partial charge is 0.134 e. The summed E-state index contributed by atoms with van der Waals surface area (Å²) in [5, 5.41) is 11.4. The number of fused-ring (bicyclic) bond motifs is 1. The molecule has 96 valence electrons. The number of furan rings is 1. The summed E-state index contributed by atoms with van der Waals surface area (Å²) in [6.45, 7) is 1.65. The first-order valence-electron chi connectivity index (χ1n) is 6.56. The van der Waals surface area contributed by atoms with Gasteiger partial charge in [0.25, 0.3) is 0 Å². The zero-order valence-corrected chi connectivity index (χ0v) is 10.3. The number of hydrogen-bond donors (Lipinski definition) is 1. The molecule has 2 aromatic rings. The van der Waals surface area contributed by atoms with Crippen LogP contribution in [0.25, 0.3) is 11.0 Å². The minimum absolute atomic E-state index is 0.434. The van der Waals surface area contributed by atoms with Gasteiger partial charge >= 0.3 is 0 Å². The average Bonchev–Trinajstić information content (AvgIpc) is 2.84. The Morgan fingerprint density at radius 1 is 1.22 bits per heavy atom. The standard InChI is InChI=1S/C15H18O3/c16-14(9-11-5-7-17-8-6-11)13-10-18-15-4-2-1-3-12(13)15/h1-4,10-11,14,16H,5-9H2. The fourth-order valence-corrected chi connectivity index (χ4v) is 2.68. The molecule has 1 fully saturated rings. The van der Waals surface area contributed by atoms with Gasteiger partial charge < -0.3 is 14.3 Å². The minimum atomic E-state index is -0.434. The van der Waals surface area contributed by atoms with Crippen LogP contribution < -0.4 is 0 Å². The zero-order valence-electron chi connectivity index (χ0n) is 10.3. The molecular formula is C15H18O3. The van der Waals surface area contributed by atoms with E-state index >= 15 is 0 Å². The van der Waals surface area contributed by atoms with Crippen molar-refractivity contribution in [3.05, 3.63) is 36.1 Å². The van der Waals surface area contributed by atoms with Crippen LogP contribution in [0.3, 0.4) is 0 Å². The molecule has 0 radical (unpaired) electrons. The maximum absolute atomic E-state index is 10.4. The van der Waals surface area contributed by atoms with Gasteiger partial charge in [-0.15, -0.1) is 0 Å². The first-order chi connectivity index (χ1) is 8.84. The Labute approximate surface area is 106 Å². The van der Waals surface area contributed by atoms with Gasteiger partial charge in [-0.1, -0.05) is 18.2 Å². The van der Waals surface area contributed by atoms with E-state index in [1.54, 1.807) is 6.26 Å². The first kappa shape index (κ1) is 11.8. The van der Waals surface area contributed by atoms with E-state index < -0.39 is 6.10 Å². The second-order valence-electron chi connectivity index (χ2n) is 4.99. The van der Waals surface area contributed by atoms with Crippen molar-refractivity contribution in [3.8, 4) is 0 Å². The molecule has 3 rings (SSSR count). The average molecular weight is 246 g/mol. The van der Waals surface area contributed by atoms with Crippen molar-refractivity contribution in [2.24, 2.45) is 5.92 Å². The van der Waals surface area contributed by atoms with Crippen LogP contribution in [0.1, 0.15) is 30.9 Å². The third-order valence-electron chi connectivity index (χ3n) is 3.77. The van der Waals surface area contributed by atoms with Crippen molar-refractivity contribution >= 4 is 11.0 Å². The summed E-state index contributed by atoms with van der Waals surface area (Å²) >= 11 is 0. The predicted octanol–water partition coefficient (Wildman–Crippen LogP) is 3.28. The summed E-state index contributed by atoms with van der Waals surface area (Å²) in [5.41, 5.74) is 1.76. The van der Waals surface area contributed by atoms with E-state index in [1.165, 1.54) is 0 Å². The molecular weight excluding hydrogens is 228 g/mol. The first-order valence-corrected chi connectivity index (χ1v) is 6.56. The normalized spacial score (nSPS) is 19.2. The third kappa shape index (κ3) is 2.28. The van der Waals surface area contributed by atoms with Crippen molar-refractivity contribution in [3.63, 3.8) is 0 Å². The number of ether oxygens (including phenoxy) is 1. The van der Waals surface area contributed by atoms with E-state index in [1.807, 2.05) is 24.3 Å². The van der Waals surface area contributed by atoms with Gasteiger partial charge in [0.2, 0.25) is 0 Å². The maximum atomic E-state index is 10.4. The Kier molecular flexibility index (Phi) is 3.35. The van der Waals surface area contributed by atoms with E-state index in [9.17, 15) is 5.11 Å². The Morgan fingerprint density at radius 2 is 2.00 bits per heavy atom. The van der Waals surface area contributed by atoms with Crippen molar-refractivity contribution in [2.75, 3.05) is 13.2 Å². The highest BCUT2D eigenvalue weighted by atomic mass is 16.5. The summed E-state index contributed by atoms with van der Waals surface area (Å²) in [4.78, 5) is 0. The minimum Gasteiger partial charge on any atom is -0.464 e. The molecule has 18 heavy (non-hydrogen) atoms. The molecule has 1 N–H and O–H groups in total. The van der Waals surface area contributed by atoms with E-state index in [0.717, 1.165) is 49.0 Å². The van der Waals surface area contributed by atoms with Gasteiger partial charge in [-0.05, 0) is 31.2 Å². The lowest BCUT2D eigenvalue weighted by atomic mass is 9.91. The molecule has 1 aliphatic heterocycles. The lowest BCUT2D eigenvalue weighted by Gasteiger charge is -2.23. The van der Waals surface area contributed by atoms with Crippen LogP contribution in [0.4, 0.5) is 0 Å². The molecule has 0 spiro atoms. The second-order valence-corrected chi connectivity index (χ2v) is 4.99. The fraction of sp³-hybridized carbons (Fsp3) is 0.467. The predicted molar refractivity (Wildman–Crippen MR) is 69.3 cm³/mol. The molecule has 2 heterocycles. The van der Waals surface area contributed by atoms with Gasteiger partial charge in [0.1, 0.15) is 5.58 Å². The van der Waals surface area contributed by atoms with Crippen LogP contribution in [0, 0.1) is 5.92 Å². The van der Waals surface area contributed by atoms with Gasteiger partial charge in [-0.2, -0.15) is 0 Å². The Hall–Kier alpha value is -1.32. The number of hydrogen-bond acceptors (Lipinski definition) is 3. The van der Waals surface area contributed by atoms with Gasteiger partial charge in [0.05, 0.1) is 12.4 Å². The maximum Gasteiger partial charge on any atom is 0.134 e. The lowest BCUT2D eigenvalue weighted by molar-refractivity contribution is 0.0436. The molecule has 1 unspecified atom stereocenters. The van der Waals surface area contributed by atoms with Crippen LogP contribution in [0.5, 0.6) is 0 Å². The van der Waals surface area contributed by atoms with Gasteiger partial charge in [0.15, 0.2) is 0 Å². The van der Waals surface area contributed by atoms with Crippen molar-refractivity contribution in [1.29, 1.82) is 0 Å². The van der Waals surface area contributed by atoms with Crippen molar-refractivity contribution in [2.45, 2.75) is 25.4 Å². The Morgan fingerprint density at radius 3 is 2.83 bits per heavy atom. The molecule has 1 aromatic carbocycles. The second kappa shape index (κ2) is 5.12. The number of aliphatic hydroxyl groups excluding tert-OH is 1. The molecule has 0 aliphatic carbocycles. The molecule has 0 bridgehead atoms. The summed E-state index contributed by atoms with van der Waals surface area (Å²) in [6, 6.07) is 7.85. The van der Waals surface area contributed by atoms with E-state index in [4.69, 9.17) is 9.15 Å². The van der Waals surface area contributed by atoms with Gasteiger partial charge in [-0.25, -0.2) is 0 Å². The van der Waals surface area contributed by atoms with Crippen molar-refractivity contribution < 1.29 is 14.3 Å².